The summed E-state index contributed by atoms with van der Waals surface area (Å²) in [6.45, 7) is 4.46. The molecule has 0 spiro atoms. The van der Waals surface area contributed by atoms with Gasteiger partial charge in [0.15, 0.2) is 5.11 Å². The van der Waals surface area contributed by atoms with Crippen LogP contribution in [0.5, 0.6) is 11.5 Å². The molecule has 1 aliphatic rings. The Bertz CT molecular complexity index is 1500. The van der Waals surface area contributed by atoms with Crippen molar-refractivity contribution in [2.24, 2.45) is 0 Å². The number of para-hydroxylation sites is 4. The van der Waals surface area contributed by atoms with Gasteiger partial charge in [0, 0.05) is 30.6 Å². The van der Waals surface area contributed by atoms with Crippen molar-refractivity contribution in [3.05, 3.63) is 102 Å². The first-order valence-electron chi connectivity index (χ1n) is 12.8. The number of carbonyl (C=O) groups is 1. The molecule has 3 N–H and O–H groups in total. The SMILES string of the molecule is COc1ccccc1NC(=O)CCN1C(=S)N[C@@H](c2ccccn2)[C@H]1c1cc(C)n(-c2ccccc2O)c1C. The Morgan fingerprint density at radius 1 is 1.10 bits per heavy atom. The molecule has 39 heavy (non-hydrogen) atoms. The largest absolute Gasteiger partial charge is 0.506 e. The third-order valence-corrected chi connectivity index (χ3v) is 7.42. The van der Waals surface area contributed by atoms with Gasteiger partial charge in [0.25, 0.3) is 0 Å². The summed E-state index contributed by atoms with van der Waals surface area (Å²) >= 11 is 5.80. The lowest BCUT2D eigenvalue weighted by atomic mass is 9.96. The van der Waals surface area contributed by atoms with Gasteiger partial charge in [-0.1, -0.05) is 30.3 Å². The van der Waals surface area contributed by atoms with E-state index < -0.39 is 0 Å². The van der Waals surface area contributed by atoms with Crippen LogP contribution in [0.1, 0.15) is 41.1 Å². The summed E-state index contributed by atoms with van der Waals surface area (Å²) in [5.41, 5.74) is 5.21. The number of pyridine rings is 1. The van der Waals surface area contributed by atoms with E-state index in [4.69, 9.17) is 17.0 Å². The van der Waals surface area contributed by atoms with E-state index >= 15 is 0 Å². The zero-order chi connectivity index (χ0) is 27.5. The van der Waals surface area contributed by atoms with Crippen LogP contribution in [-0.4, -0.2) is 44.2 Å². The summed E-state index contributed by atoms with van der Waals surface area (Å²) in [5.74, 6) is 0.674. The molecule has 0 unspecified atom stereocenters. The van der Waals surface area contributed by atoms with Crippen LogP contribution in [0.15, 0.2) is 79.0 Å². The van der Waals surface area contributed by atoms with Gasteiger partial charge >= 0.3 is 0 Å². The summed E-state index contributed by atoms with van der Waals surface area (Å²) in [7, 11) is 1.58. The molecule has 5 rings (SSSR count). The number of ether oxygens (including phenoxy) is 1. The van der Waals surface area contributed by atoms with Gasteiger partial charge in [-0.15, -0.1) is 0 Å². The number of aromatic nitrogens is 2. The first kappa shape index (κ1) is 26.2. The molecular weight excluding hydrogens is 510 g/mol. The highest BCUT2D eigenvalue weighted by atomic mass is 32.1. The number of amides is 1. The Morgan fingerprint density at radius 2 is 1.85 bits per heavy atom. The molecule has 9 heteroatoms. The number of thiocarbonyl (C=S) groups is 1. The van der Waals surface area contributed by atoms with Crippen molar-refractivity contribution in [1.82, 2.24) is 19.8 Å². The predicted octanol–water partition coefficient (Wildman–Crippen LogP) is 5.20. The Morgan fingerprint density at radius 3 is 2.59 bits per heavy atom. The van der Waals surface area contributed by atoms with Gasteiger partial charge in [-0.05, 0) is 74.1 Å². The molecule has 1 amide bonds. The van der Waals surface area contributed by atoms with Crippen LogP contribution in [0.4, 0.5) is 5.69 Å². The van der Waals surface area contributed by atoms with Crippen molar-refractivity contribution in [2.75, 3.05) is 19.0 Å². The van der Waals surface area contributed by atoms with Crippen LogP contribution >= 0.6 is 12.2 Å². The molecule has 1 fully saturated rings. The number of aromatic hydroxyl groups is 1. The fourth-order valence-corrected chi connectivity index (χ4v) is 5.61. The number of nitrogens with zero attached hydrogens (tertiary/aromatic N) is 3. The van der Waals surface area contributed by atoms with Gasteiger partial charge in [-0.25, -0.2) is 0 Å². The van der Waals surface area contributed by atoms with E-state index in [9.17, 15) is 9.90 Å². The van der Waals surface area contributed by atoms with Gasteiger partial charge < -0.3 is 29.9 Å². The van der Waals surface area contributed by atoms with Crippen molar-refractivity contribution in [2.45, 2.75) is 32.4 Å². The molecule has 8 nitrogen and oxygen atoms in total. The molecular formula is C30H31N5O3S. The second-order valence-electron chi connectivity index (χ2n) is 9.47. The van der Waals surface area contributed by atoms with E-state index in [1.165, 1.54) is 0 Å². The summed E-state index contributed by atoms with van der Waals surface area (Å²) in [6.07, 6.45) is 2.00. The van der Waals surface area contributed by atoms with Gasteiger partial charge in [0.05, 0.1) is 36.3 Å². The first-order valence-corrected chi connectivity index (χ1v) is 13.2. The number of methoxy groups -OCH3 is 1. The molecule has 1 saturated heterocycles. The van der Waals surface area contributed by atoms with Crippen molar-refractivity contribution >= 4 is 28.9 Å². The van der Waals surface area contributed by atoms with Crippen LogP contribution in [0.25, 0.3) is 5.69 Å². The molecule has 1 aliphatic heterocycles. The predicted molar refractivity (Wildman–Crippen MR) is 155 cm³/mol. The van der Waals surface area contributed by atoms with Gasteiger partial charge in [-0.3, -0.25) is 9.78 Å². The summed E-state index contributed by atoms with van der Waals surface area (Å²) < 4.78 is 7.42. The first-order chi connectivity index (χ1) is 18.9. The summed E-state index contributed by atoms with van der Waals surface area (Å²) in [4.78, 5) is 19.7. The molecule has 4 aromatic rings. The Hall–Kier alpha value is -4.37. The van der Waals surface area contributed by atoms with Gasteiger partial charge in [0.1, 0.15) is 11.5 Å². The minimum atomic E-state index is -0.214. The molecule has 2 aromatic carbocycles. The van der Waals surface area contributed by atoms with Crippen LogP contribution in [0, 0.1) is 13.8 Å². The fraction of sp³-hybridized carbons (Fsp3) is 0.233. The monoisotopic (exact) mass is 541 g/mol. The van der Waals surface area contributed by atoms with Crippen molar-refractivity contribution in [3.63, 3.8) is 0 Å². The molecule has 0 aliphatic carbocycles. The lowest BCUT2D eigenvalue weighted by Gasteiger charge is -2.28. The smallest absolute Gasteiger partial charge is 0.226 e. The molecule has 3 heterocycles. The van der Waals surface area contributed by atoms with Crippen LogP contribution in [0.3, 0.4) is 0 Å². The molecule has 200 valence electrons. The molecule has 0 saturated carbocycles. The normalized spacial score (nSPS) is 16.7. The van der Waals surface area contributed by atoms with E-state index in [-0.39, 0.29) is 30.2 Å². The van der Waals surface area contributed by atoms with E-state index in [2.05, 4.69) is 26.6 Å². The lowest BCUT2D eigenvalue weighted by Crippen LogP contribution is -2.33. The number of hydrogen-bond acceptors (Lipinski definition) is 5. The maximum Gasteiger partial charge on any atom is 0.226 e. The summed E-state index contributed by atoms with van der Waals surface area (Å²) in [6, 6.07) is 22.1. The average Bonchev–Trinajstić information content (AvgIpc) is 3.42. The minimum absolute atomic E-state index is 0.137. The van der Waals surface area contributed by atoms with E-state index in [0.717, 1.165) is 22.6 Å². The lowest BCUT2D eigenvalue weighted by molar-refractivity contribution is -0.116. The maximum absolute atomic E-state index is 13.0. The highest BCUT2D eigenvalue weighted by molar-refractivity contribution is 7.80. The molecule has 0 radical (unpaired) electrons. The number of phenols is 1. The second kappa shape index (κ2) is 11.2. The van der Waals surface area contributed by atoms with Crippen molar-refractivity contribution in [3.8, 4) is 17.2 Å². The third kappa shape index (κ3) is 5.18. The third-order valence-electron chi connectivity index (χ3n) is 7.07. The number of benzene rings is 2. The van der Waals surface area contributed by atoms with E-state index in [0.29, 0.717) is 28.8 Å². The molecule has 2 aromatic heterocycles. The number of hydrogen-bond donors (Lipinski definition) is 3. The molecule has 2 atom stereocenters. The summed E-state index contributed by atoms with van der Waals surface area (Å²) in [5, 5.41) is 17.6. The van der Waals surface area contributed by atoms with Crippen molar-refractivity contribution < 1.29 is 14.6 Å². The zero-order valence-corrected chi connectivity index (χ0v) is 22.9. The zero-order valence-electron chi connectivity index (χ0n) is 22.1. The number of nitrogens with one attached hydrogen (secondary N) is 2. The Labute approximate surface area is 233 Å². The number of anilines is 1. The van der Waals surface area contributed by atoms with Crippen LogP contribution < -0.4 is 15.4 Å². The van der Waals surface area contributed by atoms with E-state index in [1.54, 1.807) is 19.4 Å². The maximum atomic E-state index is 13.0. The van der Waals surface area contributed by atoms with Gasteiger partial charge in [-0.2, -0.15) is 0 Å². The van der Waals surface area contributed by atoms with Crippen molar-refractivity contribution in [1.29, 1.82) is 0 Å². The number of carbonyl (C=O) groups excluding carboxylic acids is 1. The topological polar surface area (TPSA) is 91.7 Å². The standard InChI is InChI=1S/C30H31N5O3S/c1-19-18-21(20(2)35(19)24-12-5-6-13-25(24)36)29-28(23-11-8-9-16-31-23)33-30(39)34(29)17-15-27(37)32-22-10-4-7-14-26(22)38-3/h4-14,16,18,28-29,36H,15,17H2,1-3H3,(H,32,37)(H,33,39)/t28-,29+/m0/s1. The van der Waals surface area contributed by atoms with Crippen LogP contribution in [-0.2, 0) is 4.79 Å². The quantitative estimate of drug-likeness (QED) is 0.264. The van der Waals surface area contributed by atoms with E-state index in [1.807, 2.05) is 79.1 Å². The molecule has 0 bridgehead atoms. The minimum Gasteiger partial charge on any atom is -0.506 e. The second-order valence-corrected chi connectivity index (χ2v) is 9.86. The number of rotatable bonds is 8. The average molecular weight is 542 g/mol. The van der Waals surface area contributed by atoms with Gasteiger partial charge in [0.2, 0.25) is 5.91 Å². The Balaban J connectivity index is 1.47. The van der Waals surface area contributed by atoms with Crippen LogP contribution in [0.2, 0.25) is 0 Å². The highest BCUT2D eigenvalue weighted by Gasteiger charge is 2.41. The highest BCUT2D eigenvalue weighted by Crippen LogP contribution is 2.42. The number of phenolic OH excluding ortho intramolecular Hbond substituents is 1. The fourth-order valence-electron chi connectivity index (χ4n) is 5.28. The Kier molecular flexibility index (Phi) is 7.51. The number of aryl methyl sites for hydroxylation is 1.